The van der Waals surface area contributed by atoms with Gasteiger partial charge in [0.15, 0.2) is 5.75 Å². The second kappa shape index (κ2) is 6.87. The van der Waals surface area contributed by atoms with E-state index in [2.05, 4.69) is 20.3 Å². The van der Waals surface area contributed by atoms with Crippen LogP contribution in [0.3, 0.4) is 0 Å². The highest BCUT2D eigenvalue weighted by molar-refractivity contribution is 6.04. The van der Waals surface area contributed by atoms with Crippen LogP contribution in [0.5, 0.6) is 11.5 Å². The van der Waals surface area contributed by atoms with Crippen LogP contribution in [0.1, 0.15) is 21.6 Å². The van der Waals surface area contributed by atoms with Crippen molar-refractivity contribution < 1.29 is 9.53 Å². The van der Waals surface area contributed by atoms with E-state index in [4.69, 9.17) is 4.74 Å². The molecule has 0 radical (unpaired) electrons. The van der Waals surface area contributed by atoms with E-state index in [-0.39, 0.29) is 5.91 Å². The number of amides is 1. The summed E-state index contributed by atoms with van der Waals surface area (Å²) in [5.41, 5.74) is 2.24. The minimum absolute atomic E-state index is 0.244. The summed E-state index contributed by atoms with van der Waals surface area (Å²) in [5.74, 6) is 1.33. The van der Waals surface area contributed by atoms with Crippen molar-refractivity contribution in [2.45, 2.75) is 13.8 Å². The summed E-state index contributed by atoms with van der Waals surface area (Å²) in [4.78, 5) is 24.5. The molecule has 0 saturated heterocycles. The summed E-state index contributed by atoms with van der Waals surface area (Å²) in [7, 11) is 0. The van der Waals surface area contributed by atoms with E-state index in [0.717, 1.165) is 11.3 Å². The zero-order valence-corrected chi connectivity index (χ0v) is 13.4. The molecule has 3 aromatic rings. The molecule has 0 aliphatic carbocycles. The van der Waals surface area contributed by atoms with E-state index in [9.17, 15) is 4.79 Å². The van der Waals surface area contributed by atoms with Crippen molar-refractivity contribution in [3.63, 3.8) is 0 Å². The van der Waals surface area contributed by atoms with Gasteiger partial charge in [-0.1, -0.05) is 6.07 Å². The van der Waals surface area contributed by atoms with E-state index in [1.807, 2.05) is 32.0 Å². The van der Waals surface area contributed by atoms with Gasteiger partial charge in [0.2, 0.25) is 0 Å². The van der Waals surface area contributed by atoms with E-state index in [0.29, 0.717) is 22.9 Å². The van der Waals surface area contributed by atoms with Crippen molar-refractivity contribution in [3.05, 3.63) is 71.9 Å². The lowest BCUT2D eigenvalue weighted by atomic mass is 10.1. The average Bonchev–Trinajstić information content (AvgIpc) is 2.55. The molecule has 0 fully saturated rings. The van der Waals surface area contributed by atoms with Crippen molar-refractivity contribution in [1.82, 2.24) is 15.0 Å². The van der Waals surface area contributed by atoms with Gasteiger partial charge in [0.1, 0.15) is 17.9 Å². The zero-order chi connectivity index (χ0) is 16.9. The topological polar surface area (TPSA) is 77.0 Å². The lowest BCUT2D eigenvalue weighted by Crippen LogP contribution is -2.13. The van der Waals surface area contributed by atoms with Crippen molar-refractivity contribution in [1.29, 1.82) is 0 Å². The number of nitrogens with zero attached hydrogens (tertiary/aromatic N) is 3. The fourth-order valence-electron chi connectivity index (χ4n) is 2.21. The van der Waals surface area contributed by atoms with Crippen LogP contribution >= 0.6 is 0 Å². The minimum Gasteiger partial charge on any atom is -0.454 e. The molecule has 6 heteroatoms. The molecule has 0 bridgehead atoms. The molecule has 0 aliphatic rings. The molecule has 2 heterocycles. The molecule has 1 aromatic carbocycles. The van der Waals surface area contributed by atoms with Crippen LogP contribution in [0.2, 0.25) is 0 Å². The highest BCUT2D eigenvalue weighted by atomic mass is 16.5. The fourth-order valence-corrected chi connectivity index (χ4v) is 2.21. The first-order valence-electron chi connectivity index (χ1n) is 7.40. The molecule has 3 rings (SSSR count). The highest BCUT2D eigenvalue weighted by Crippen LogP contribution is 2.23. The Morgan fingerprint density at radius 1 is 1.04 bits per heavy atom. The largest absolute Gasteiger partial charge is 0.454 e. The van der Waals surface area contributed by atoms with E-state index >= 15 is 0 Å². The number of anilines is 1. The summed E-state index contributed by atoms with van der Waals surface area (Å²) in [5, 5.41) is 2.79. The quantitative estimate of drug-likeness (QED) is 0.795. The van der Waals surface area contributed by atoms with Gasteiger partial charge in [-0.3, -0.25) is 4.79 Å². The van der Waals surface area contributed by atoms with E-state index < -0.39 is 0 Å². The third-order valence-corrected chi connectivity index (χ3v) is 3.22. The Hall–Kier alpha value is -3.28. The van der Waals surface area contributed by atoms with Crippen molar-refractivity contribution >= 4 is 11.7 Å². The zero-order valence-electron chi connectivity index (χ0n) is 13.4. The van der Waals surface area contributed by atoms with Crippen molar-refractivity contribution in [2.24, 2.45) is 0 Å². The summed E-state index contributed by atoms with van der Waals surface area (Å²) < 4.78 is 5.70. The smallest absolute Gasteiger partial charge is 0.256 e. The van der Waals surface area contributed by atoms with Crippen LogP contribution < -0.4 is 10.1 Å². The molecule has 1 amide bonds. The van der Waals surface area contributed by atoms with Crippen molar-refractivity contribution in [3.8, 4) is 11.5 Å². The monoisotopic (exact) mass is 320 g/mol. The molecule has 1 N–H and O–H groups in total. The van der Waals surface area contributed by atoms with Gasteiger partial charge in [0, 0.05) is 11.3 Å². The number of pyridine rings is 1. The van der Waals surface area contributed by atoms with Gasteiger partial charge in [-0.15, -0.1) is 0 Å². The molecule has 0 saturated carbocycles. The first-order valence-corrected chi connectivity index (χ1v) is 7.40. The fraction of sp³-hybridized carbons (Fsp3) is 0.111. The molecule has 0 unspecified atom stereocenters. The third kappa shape index (κ3) is 3.92. The first-order chi connectivity index (χ1) is 11.6. The maximum Gasteiger partial charge on any atom is 0.256 e. The molecular formula is C18H16N4O2. The van der Waals surface area contributed by atoms with Gasteiger partial charge in [-0.05, 0) is 49.7 Å². The molecule has 120 valence electrons. The number of aryl methyl sites for hydroxylation is 2. The van der Waals surface area contributed by atoms with E-state index in [1.165, 1.54) is 6.33 Å². The van der Waals surface area contributed by atoms with Gasteiger partial charge in [0.05, 0.1) is 12.4 Å². The van der Waals surface area contributed by atoms with Crippen LogP contribution in [0, 0.1) is 13.8 Å². The Morgan fingerprint density at radius 2 is 1.83 bits per heavy atom. The normalized spacial score (nSPS) is 10.2. The van der Waals surface area contributed by atoms with Crippen LogP contribution in [-0.2, 0) is 0 Å². The summed E-state index contributed by atoms with van der Waals surface area (Å²) in [6, 6.07) is 10.8. The SMILES string of the molecule is Cc1cc(Oc2cncnc2)cc(C(=O)Nc2cccc(C)n2)c1. The number of ether oxygens (including phenoxy) is 1. The molecule has 24 heavy (non-hydrogen) atoms. The van der Waals surface area contributed by atoms with Crippen LogP contribution in [0.15, 0.2) is 55.1 Å². The van der Waals surface area contributed by atoms with Crippen LogP contribution in [-0.4, -0.2) is 20.9 Å². The number of rotatable bonds is 4. The van der Waals surface area contributed by atoms with Gasteiger partial charge >= 0.3 is 0 Å². The predicted molar refractivity (Wildman–Crippen MR) is 90.2 cm³/mol. The van der Waals surface area contributed by atoms with Gasteiger partial charge < -0.3 is 10.1 Å². The maximum atomic E-state index is 12.5. The Bertz CT molecular complexity index is 866. The Morgan fingerprint density at radius 3 is 2.58 bits per heavy atom. The number of aromatic nitrogens is 3. The van der Waals surface area contributed by atoms with Gasteiger partial charge in [0.25, 0.3) is 5.91 Å². The third-order valence-electron chi connectivity index (χ3n) is 3.22. The predicted octanol–water partition coefficient (Wildman–Crippen LogP) is 3.53. The summed E-state index contributed by atoms with van der Waals surface area (Å²) >= 11 is 0. The molecule has 0 atom stereocenters. The van der Waals surface area contributed by atoms with Crippen LogP contribution in [0.25, 0.3) is 0 Å². The lowest BCUT2D eigenvalue weighted by Gasteiger charge is -2.09. The molecule has 2 aromatic heterocycles. The van der Waals surface area contributed by atoms with E-state index in [1.54, 1.807) is 30.6 Å². The van der Waals surface area contributed by atoms with Crippen LogP contribution in [0.4, 0.5) is 5.82 Å². The average molecular weight is 320 g/mol. The molecular weight excluding hydrogens is 304 g/mol. The first kappa shape index (κ1) is 15.6. The number of carbonyl (C=O) groups is 1. The highest BCUT2D eigenvalue weighted by Gasteiger charge is 2.10. The Labute approximate surface area is 139 Å². The van der Waals surface area contributed by atoms with Gasteiger partial charge in [-0.25, -0.2) is 15.0 Å². The molecule has 0 spiro atoms. The summed E-state index contributed by atoms with van der Waals surface area (Å²) in [6.07, 6.45) is 4.55. The number of hydrogen-bond acceptors (Lipinski definition) is 5. The summed E-state index contributed by atoms with van der Waals surface area (Å²) in [6.45, 7) is 3.77. The molecule has 0 aliphatic heterocycles. The van der Waals surface area contributed by atoms with Crippen molar-refractivity contribution in [2.75, 3.05) is 5.32 Å². The minimum atomic E-state index is -0.244. The Balaban J connectivity index is 1.81. The Kier molecular flexibility index (Phi) is 4.47. The second-order valence-electron chi connectivity index (χ2n) is 5.33. The molecule has 6 nitrogen and oxygen atoms in total. The number of nitrogens with one attached hydrogen (secondary N) is 1. The lowest BCUT2D eigenvalue weighted by molar-refractivity contribution is 0.102. The van der Waals surface area contributed by atoms with Gasteiger partial charge in [-0.2, -0.15) is 0 Å². The number of carbonyl (C=O) groups excluding carboxylic acids is 1. The maximum absolute atomic E-state index is 12.5. The number of benzene rings is 1. The number of hydrogen-bond donors (Lipinski definition) is 1. The standard InChI is InChI=1S/C18H16N4O2/c1-12-6-14(18(23)22-17-5-3-4-13(2)21-17)8-15(7-12)24-16-9-19-11-20-10-16/h3-11H,1-2H3,(H,21,22,23). The second-order valence-corrected chi connectivity index (χ2v) is 5.33.